The Labute approximate surface area is 153 Å². The zero-order valence-corrected chi connectivity index (χ0v) is 15.3. The third-order valence-corrected chi connectivity index (χ3v) is 3.97. The summed E-state index contributed by atoms with van der Waals surface area (Å²) < 4.78 is 0. The van der Waals surface area contributed by atoms with Gasteiger partial charge >= 0.3 is 5.97 Å². The van der Waals surface area contributed by atoms with Gasteiger partial charge in [0.05, 0.1) is 4.92 Å². The third-order valence-electron chi connectivity index (χ3n) is 3.97. The number of aliphatic carboxylic acids is 1. The van der Waals surface area contributed by atoms with Gasteiger partial charge in [-0.15, -0.1) is 0 Å². The van der Waals surface area contributed by atoms with Crippen molar-refractivity contribution >= 4 is 23.3 Å². The number of carbonyl (C=O) groups excluding carboxylic acids is 1. The fourth-order valence-corrected chi connectivity index (χ4v) is 2.54. The molecular formula is C18H27N3O5. The highest BCUT2D eigenvalue weighted by molar-refractivity contribution is 5.83. The van der Waals surface area contributed by atoms with Crippen LogP contribution in [0, 0.1) is 17.0 Å². The quantitative estimate of drug-likeness (QED) is 0.297. The van der Waals surface area contributed by atoms with E-state index in [1.807, 2.05) is 13.8 Å². The van der Waals surface area contributed by atoms with Gasteiger partial charge in [-0.25, -0.2) is 4.79 Å². The molecule has 0 aliphatic heterocycles. The van der Waals surface area contributed by atoms with Crippen LogP contribution in [0.1, 0.15) is 51.0 Å². The fourth-order valence-electron chi connectivity index (χ4n) is 2.54. The predicted octanol–water partition coefficient (Wildman–Crippen LogP) is 3.25. The predicted molar refractivity (Wildman–Crippen MR) is 99.3 cm³/mol. The van der Waals surface area contributed by atoms with Gasteiger partial charge in [-0.1, -0.05) is 25.8 Å². The molecule has 0 spiro atoms. The van der Waals surface area contributed by atoms with E-state index in [9.17, 15) is 24.8 Å². The SMILES string of the molecule is CCCCCC(=O)N[C@@H](CCCNc1cc(C)ccc1[N+](=O)[O-])C(=O)O. The zero-order chi connectivity index (χ0) is 19.5. The molecule has 0 saturated carbocycles. The standard InChI is InChI=1S/C18H27N3O5/c1-3-4-5-8-17(22)20-14(18(23)24)7-6-11-19-15-12-13(2)9-10-16(15)21(25)26/h9-10,12,14,19H,3-8,11H2,1-2H3,(H,20,22)(H,23,24)/t14-/m0/s1. The van der Waals surface area contributed by atoms with Crippen molar-refractivity contribution in [2.45, 2.75) is 58.4 Å². The van der Waals surface area contributed by atoms with Gasteiger partial charge in [-0.3, -0.25) is 14.9 Å². The molecule has 0 heterocycles. The average molecular weight is 365 g/mol. The summed E-state index contributed by atoms with van der Waals surface area (Å²) in [6.07, 6.45) is 3.70. The van der Waals surface area contributed by atoms with E-state index >= 15 is 0 Å². The number of nitrogens with one attached hydrogen (secondary N) is 2. The largest absolute Gasteiger partial charge is 0.480 e. The van der Waals surface area contributed by atoms with E-state index in [2.05, 4.69) is 10.6 Å². The molecule has 0 fully saturated rings. The van der Waals surface area contributed by atoms with Crippen molar-refractivity contribution in [3.05, 3.63) is 33.9 Å². The first kappa shape index (κ1) is 21.4. The first-order valence-corrected chi connectivity index (χ1v) is 8.86. The van der Waals surface area contributed by atoms with Crippen LogP contribution in [0.25, 0.3) is 0 Å². The minimum Gasteiger partial charge on any atom is -0.480 e. The minimum absolute atomic E-state index is 0.0189. The number of amides is 1. The lowest BCUT2D eigenvalue weighted by Crippen LogP contribution is -2.40. The molecule has 1 amide bonds. The second kappa shape index (κ2) is 11.1. The molecule has 0 bridgehead atoms. The monoisotopic (exact) mass is 365 g/mol. The van der Waals surface area contributed by atoms with Crippen molar-refractivity contribution < 1.29 is 19.6 Å². The Morgan fingerprint density at radius 2 is 2.00 bits per heavy atom. The highest BCUT2D eigenvalue weighted by Crippen LogP contribution is 2.25. The van der Waals surface area contributed by atoms with Crippen LogP contribution < -0.4 is 10.6 Å². The Kier molecular flexibility index (Phi) is 9.11. The summed E-state index contributed by atoms with van der Waals surface area (Å²) >= 11 is 0. The third kappa shape index (κ3) is 7.50. The number of unbranched alkanes of at least 4 members (excludes halogenated alkanes) is 2. The molecule has 0 radical (unpaired) electrons. The van der Waals surface area contributed by atoms with E-state index in [-0.39, 0.29) is 18.0 Å². The van der Waals surface area contributed by atoms with E-state index in [0.717, 1.165) is 24.8 Å². The van der Waals surface area contributed by atoms with Crippen molar-refractivity contribution in [2.75, 3.05) is 11.9 Å². The first-order chi connectivity index (χ1) is 12.3. The minimum atomic E-state index is -1.07. The molecule has 144 valence electrons. The number of nitro groups is 1. The lowest BCUT2D eigenvalue weighted by atomic mass is 10.1. The summed E-state index contributed by atoms with van der Waals surface area (Å²) in [5, 5.41) is 25.8. The number of aryl methyl sites for hydroxylation is 1. The van der Waals surface area contributed by atoms with Gasteiger partial charge in [0.2, 0.25) is 5.91 Å². The highest BCUT2D eigenvalue weighted by atomic mass is 16.6. The van der Waals surface area contributed by atoms with Gasteiger partial charge in [0.15, 0.2) is 0 Å². The topological polar surface area (TPSA) is 122 Å². The number of anilines is 1. The molecule has 8 nitrogen and oxygen atoms in total. The zero-order valence-electron chi connectivity index (χ0n) is 15.3. The van der Waals surface area contributed by atoms with E-state index in [1.165, 1.54) is 6.07 Å². The van der Waals surface area contributed by atoms with Crippen LogP contribution in [0.15, 0.2) is 18.2 Å². The van der Waals surface area contributed by atoms with Gasteiger partial charge in [-0.05, 0) is 37.8 Å². The smallest absolute Gasteiger partial charge is 0.326 e. The molecule has 1 aromatic rings. The molecule has 1 rings (SSSR count). The summed E-state index contributed by atoms with van der Waals surface area (Å²) in [5.41, 5.74) is 1.28. The molecular weight excluding hydrogens is 338 g/mol. The van der Waals surface area contributed by atoms with Crippen LogP contribution in [-0.2, 0) is 9.59 Å². The summed E-state index contributed by atoms with van der Waals surface area (Å²) in [6.45, 7) is 4.24. The van der Waals surface area contributed by atoms with Crippen LogP contribution in [0.5, 0.6) is 0 Å². The Hall–Kier alpha value is -2.64. The molecule has 26 heavy (non-hydrogen) atoms. The highest BCUT2D eigenvalue weighted by Gasteiger charge is 2.19. The molecule has 0 aliphatic carbocycles. The number of nitro benzene ring substituents is 1. The van der Waals surface area contributed by atoms with Gasteiger partial charge in [0, 0.05) is 19.0 Å². The van der Waals surface area contributed by atoms with Gasteiger partial charge in [-0.2, -0.15) is 0 Å². The average Bonchev–Trinajstić information content (AvgIpc) is 2.57. The van der Waals surface area contributed by atoms with Crippen molar-refractivity contribution in [1.29, 1.82) is 0 Å². The lowest BCUT2D eigenvalue weighted by Gasteiger charge is -2.15. The van der Waals surface area contributed by atoms with Crippen molar-refractivity contribution in [3.8, 4) is 0 Å². The van der Waals surface area contributed by atoms with Crippen molar-refractivity contribution in [3.63, 3.8) is 0 Å². The van der Waals surface area contributed by atoms with Crippen LogP contribution in [-0.4, -0.2) is 34.5 Å². The second-order valence-corrected chi connectivity index (χ2v) is 6.26. The van der Waals surface area contributed by atoms with E-state index in [4.69, 9.17) is 0 Å². The normalized spacial score (nSPS) is 11.6. The number of nitrogens with zero attached hydrogens (tertiary/aromatic N) is 1. The summed E-state index contributed by atoms with van der Waals surface area (Å²) in [7, 11) is 0. The number of hydrogen-bond acceptors (Lipinski definition) is 5. The second-order valence-electron chi connectivity index (χ2n) is 6.26. The summed E-state index contributed by atoms with van der Waals surface area (Å²) in [6, 6.07) is 3.84. The fraction of sp³-hybridized carbons (Fsp3) is 0.556. The number of hydrogen-bond donors (Lipinski definition) is 3. The number of benzene rings is 1. The van der Waals surface area contributed by atoms with Crippen molar-refractivity contribution in [1.82, 2.24) is 5.32 Å². The Bertz CT molecular complexity index is 633. The van der Waals surface area contributed by atoms with E-state index < -0.39 is 16.9 Å². The Morgan fingerprint density at radius 1 is 1.27 bits per heavy atom. The maximum Gasteiger partial charge on any atom is 0.326 e. The first-order valence-electron chi connectivity index (χ1n) is 8.86. The van der Waals surface area contributed by atoms with E-state index in [1.54, 1.807) is 12.1 Å². The summed E-state index contributed by atoms with van der Waals surface area (Å²) in [4.78, 5) is 33.6. The van der Waals surface area contributed by atoms with Crippen molar-refractivity contribution in [2.24, 2.45) is 0 Å². The molecule has 0 aromatic heterocycles. The van der Waals surface area contributed by atoms with Crippen LogP contribution in [0.2, 0.25) is 0 Å². The number of carbonyl (C=O) groups is 2. The van der Waals surface area contributed by atoms with Crippen LogP contribution in [0.3, 0.4) is 0 Å². The van der Waals surface area contributed by atoms with Gasteiger partial charge < -0.3 is 15.7 Å². The van der Waals surface area contributed by atoms with Gasteiger partial charge in [0.1, 0.15) is 11.7 Å². The summed E-state index contributed by atoms with van der Waals surface area (Å²) in [5.74, 6) is -1.33. The van der Waals surface area contributed by atoms with Crippen LogP contribution >= 0.6 is 0 Å². The number of carboxylic acid groups (broad SMARTS) is 1. The number of rotatable bonds is 12. The molecule has 3 N–H and O–H groups in total. The van der Waals surface area contributed by atoms with Gasteiger partial charge in [0.25, 0.3) is 5.69 Å². The lowest BCUT2D eigenvalue weighted by molar-refractivity contribution is -0.384. The maximum absolute atomic E-state index is 11.8. The maximum atomic E-state index is 11.8. The molecule has 0 aliphatic rings. The molecule has 0 unspecified atom stereocenters. The molecule has 0 saturated heterocycles. The van der Waals surface area contributed by atoms with Crippen LogP contribution in [0.4, 0.5) is 11.4 Å². The molecule has 1 atom stereocenters. The molecule has 1 aromatic carbocycles. The van der Waals surface area contributed by atoms with E-state index in [0.29, 0.717) is 25.1 Å². The Morgan fingerprint density at radius 3 is 2.62 bits per heavy atom. The molecule has 8 heteroatoms. The number of carboxylic acids is 1. The Balaban J connectivity index is 2.49.